The topological polar surface area (TPSA) is 73.6 Å². The third kappa shape index (κ3) is 2.03. The molecule has 1 aliphatic rings. The molecule has 3 rings (SSSR count). The molecule has 2 aromatic rings. The van der Waals surface area contributed by atoms with Gasteiger partial charge in [0, 0.05) is 5.56 Å². The van der Waals surface area contributed by atoms with E-state index in [4.69, 9.17) is 5.73 Å². The van der Waals surface area contributed by atoms with Gasteiger partial charge in [-0.05, 0) is 41.9 Å². The molecule has 0 spiro atoms. The molecule has 0 radical (unpaired) electrons. The van der Waals surface area contributed by atoms with Gasteiger partial charge in [0.15, 0.2) is 0 Å². The Morgan fingerprint density at radius 1 is 1.09 bits per heavy atom. The number of rotatable bonds is 1. The van der Waals surface area contributed by atoms with Crippen LogP contribution >= 0.6 is 0 Å². The second kappa shape index (κ2) is 5.54. The molecule has 2 N–H and O–H groups in total. The van der Waals surface area contributed by atoms with Crippen molar-refractivity contribution in [3.8, 4) is 23.3 Å². The fourth-order valence-electron chi connectivity index (χ4n) is 3.53. The van der Waals surface area contributed by atoms with Crippen molar-refractivity contribution in [2.45, 2.75) is 32.1 Å². The van der Waals surface area contributed by atoms with Crippen LogP contribution in [0.4, 0.5) is 5.69 Å². The number of nitriles is 2. The van der Waals surface area contributed by atoms with E-state index in [0.29, 0.717) is 22.7 Å². The van der Waals surface area contributed by atoms with Gasteiger partial charge < -0.3 is 5.73 Å². The molecular formula is C19H17N3. The number of benzene rings is 2. The van der Waals surface area contributed by atoms with Gasteiger partial charge in [0.25, 0.3) is 0 Å². The van der Waals surface area contributed by atoms with Gasteiger partial charge in [-0.1, -0.05) is 37.3 Å². The Bertz CT molecular complexity index is 808. The molecule has 0 aliphatic heterocycles. The van der Waals surface area contributed by atoms with Gasteiger partial charge in [-0.15, -0.1) is 0 Å². The molecule has 0 saturated heterocycles. The minimum absolute atomic E-state index is 0.302. The maximum absolute atomic E-state index is 9.61. The highest BCUT2D eigenvalue weighted by molar-refractivity contribution is 5.85. The zero-order chi connectivity index (χ0) is 15.7. The Hall–Kier alpha value is -2.78. The van der Waals surface area contributed by atoms with Gasteiger partial charge in [-0.25, -0.2) is 0 Å². The number of hydrogen-bond acceptors (Lipinski definition) is 3. The summed E-state index contributed by atoms with van der Waals surface area (Å²) >= 11 is 0. The van der Waals surface area contributed by atoms with Crippen molar-refractivity contribution < 1.29 is 0 Å². The number of anilines is 1. The van der Waals surface area contributed by atoms with Gasteiger partial charge in [0.1, 0.15) is 12.1 Å². The molecule has 0 bridgehead atoms. The van der Waals surface area contributed by atoms with Crippen molar-refractivity contribution in [1.29, 1.82) is 10.5 Å². The molecule has 0 amide bonds. The second-order valence-corrected chi connectivity index (χ2v) is 5.81. The van der Waals surface area contributed by atoms with Crippen LogP contribution in [-0.4, -0.2) is 0 Å². The molecule has 0 saturated carbocycles. The Morgan fingerprint density at radius 3 is 2.41 bits per heavy atom. The number of nitrogens with two attached hydrogens (primary N) is 1. The van der Waals surface area contributed by atoms with E-state index in [2.05, 4.69) is 19.1 Å². The van der Waals surface area contributed by atoms with Gasteiger partial charge in [-0.2, -0.15) is 10.5 Å². The molecule has 3 heteroatoms. The molecule has 1 aliphatic carbocycles. The van der Waals surface area contributed by atoms with E-state index in [-0.39, 0.29) is 0 Å². The fourth-order valence-corrected chi connectivity index (χ4v) is 3.53. The van der Waals surface area contributed by atoms with Crippen LogP contribution < -0.4 is 5.73 Å². The summed E-state index contributed by atoms with van der Waals surface area (Å²) in [5.41, 5.74) is 11.5. The zero-order valence-electron chi connectivity index (χ0n) is 12.6. The standard InChI is InChI=1S/C19H17N3/c1-12-6-5-9-14-17(12)15(10-20)19(22)16(11-21)18(14)13-7-3-2-4-8-13/h2-4,7-8,12H,5-6,9,22H2,1H3/t12-/m1/s1. The van der Waals surface area contributed by atoms with Crippen molar-refractivity contribution >= 4 is 5.69 Å². The lowest BCUT2D eigenvalue weighted by Gasteiger charge is -2.28. The van der Waals surface area contributed by atoms with E-state index < -0.39 is 0 Å². The third-order valence-electron chi connectivity index (χ3n) is 4.53. The summed E-state index contributed by atoms with van der Waals surface area (Å²) < 4.78 is 0. The van der Waals surface area contributed by atoms with Crippen molar-refractivity contribution in [2.24, 2.45) is 0 Å². The predicted octanol–water partition coefficient (Wildman–Crippen LogP) is 4.12. The zero-order valence-corrected chi connectivity index (χ0v) is 12.6. The van der Waals surface area contributed by atoms with Crippen molar-refractivity contribution in [2.75, 3.05) is 5.73 Å². The summed E-state index contributed by atoms with van der Waals surface area (Å²) in [6, 6.07) is 14.3. The Kier molecular flexibility index (Phi) is 3.57. The van der Waals surface area contributed by atoms with Gasteiger partial charge in [0.2, 0.25) is 0 Å². The van der Waals surface area contributed by atoms with Crippen LogP contribution in [-0.2, 0) is 6.42 Å². The van der Waals surface area contributed by atoms with Gasteiger partial charge in [-0.3, -0.25) is 0 Å². The van der Waals surface area contributed by atoms with Crippen LogP contribution in [0.25, 0.3) is 11.1 Å². The molecule has 0 heterocycles. The summed E-state index contributed by atoms with van der Waals surface area (Å²) in [4.78, 5) is 0. The van der Waals surface area contributed by atoms with E-state index in [1.165, 1.54) is 0 Å². The Labute approximate surface area is 130 Å². The van der Waals surface area contributed by atoms with E-state index in [1.54, 1.807) is 0 Å². The van der Waals surface area contributed by atoms with Crippen LogP contribution in [0.2, 0.25) is 0 Å². The number of hydrogen-bond donors (Lipinski definition) is 1. The van der Waals surface area contributed by atoms with E-state index in [1.807, 2.05) is 30.3 Å². The third-order valence-corrected chi connectivity index (χ3v) is 4.53. The maximum Gasteiger partial charge on any atom is 0.102 e. The normalized spacial score (nSPS) is 16.4. The average Bonchev–Trinajstić information content (AvgIpc) is 2.55. The van der Waals surface area contributed by atoms with Crippen LogP contribution in [0, 0.1) is 22.7 Å². The molecule has 22 heavy (non-hydrogen) atoms. The minimum atomic E-state index is 0.302. The van der Waals surface area contributed by atoms with E-state index >= 15 is 0 Å². The molecule has 0 unspecified atom stereocenters. The monoisotopic (exact) mass is 287 g/mol. The quantitative estimate of drug-likeness (QED) is 0.802. The molecule has 2 aromatic carbocycles. The SMILES string of the molecule is C[C@@H]1CCCc2c(-c3ccccc3)c(C#N)c(N)c(C#N)c21. The van der Waals surface area contributed by atoms with Crippen molar-refractivity contribution in [3.05, 3.63) is 52.6 Å². The molecular weight excluding hydrogens is 270 g/mol. The maximum atomic E-state index is 9.61. The Morgan fingerprint density at radius 2 is 1.77 bits per heavy atom. The first kappa shape index (κ1) is 14.2. The number of nitrogen functional groups attached to an aromatic ring is 1. The lowest BCUT2D eigenvalue weighted by Crippen LogP contribution is -2.14. The average molecular weight is 287 g/mol. The fraction of sp³-hybridized carbons (Fsp3) is 0.263. The highest BCUT2D eigenvalue weighted by Gasteiger charge is 2.28. The summed E-state index contributed by atoms with van der Waals surface area (Å²) in [7, 11) is 0. The van der Waals surface area contributed by atoms with Gasteiger partial charge >= 0.3 is 0 Å². The lowest BCUT2D eigenvalue weighted by molar-refractivity contribution is 0.590. The largest absolute Gasteiger partial charge is 0.397 e. The van der Waals surface area contributed by atoms with Crippen LogP contribution in [0.1, 0.15) is 47.9 Å². The first-order chi connectivity index (χ1) is 10.7. The molecule has 3 nitrogen and oxygen atoms in total. The summed E-state index contributed by atoms with van der Waals surface area (Å²) in [6.45, 7) is 2.14. The smallest absolute Gasteiger partial charge is 0.102 e. The highest BCUT2D eigenvalue weighted by Crippen LogP contribution is 2.44. The molecule has 0 fully saturated rings. The molecule has 108 valence electrons. The van der Waals surface area contributed by atoms with Gasteiger partial charge in [0.05, 0.1) is 16.8 Å². The van der Waals surface area contributed by atoms with E-state index in [9.17, 15) is 10.5 Å². The first-order valence-corrected chi connectivity index (χ1v) is 7.52. The second-order valence-electron chi connectivity index (χ2n) is 5.81. The molecule has 0 aromatic heterocycles. The lowest BCUT2D eigenvalue weighted by atomic mass is 9.75. The van der Waals surface area contributed by atoms with Crippen molar-refractivity contribution in [3.63, 3.8) is 0 Å². The van der Waals surface area contributed by atoms with E-state index in [0.717, 1.165) is 41.5 Å². The van der Waals surface area contributed by atoms with Crippen LogP contribution in [0.3, 0.4) is 0 Å². The number of fused-ring (bicyclic) bond motifs is 1. The minimum Gasteiger partial charge on any atom is -0.397 e. The summed E-state index contributed by atoms with van der Waals surface area (Å²) in [5, 5.41) is 19.1. The number of nitrogens with zero attached hydrogens (tertiary/aromatic N) is 2. The van der Waals surface area contributed by atoms with Crippen molar-refractivity contribution in [1.82, 2.24) is 0 Å². The molecule has 1 atom stereocenters. The van der Waals surface area contributed by atoms with Crippen LogP contribution in [0.5, 0.6) is 0 Å². The summed E-state index contributed by atoms with van der Waals surface area (Å²) in [6.07, 6.45) is 3.03. The highest BCUT2D eigenvalue weighted by atomic mass is 14.6. The predicted molar refractivity (Wildman–Crippen MR) is 87.1 cm³/mol. The van der Waals surface area contributed by atoms with Crippen LogP contribution in [0.15, 0.2) is 30.3 Å². The summed E-state index contributed by atoms with van der Waals surface area (Å²) in [5.74, 6) is 0.302. The first-order valence-electron chi connectivity index (χ1n) is 7.52. The Balaban J connectivity index is 2.45.